The number of aliphatic imine (C=N–C) groups is 1. The zero-order valence-electron chi connectivity index (χ0n) is 41.7. The summed E-state index contributed by atoms with van der Waals surface area (Å²) in [5.41, 5.74) is 5.95. The van der Waals surface area contributed by atoms with Crippen molar-refractivity contribution in [3.8, 4) is 21.6 Å². The first-order chi connectivity index (χ1) is 35.6. The highest BCUT2D eigenvalue weighted by atomic mass is 32.2. The van der Waals surface area contributed by atoms with Crippen molar-refractivity contribution in [2.24, 2.45) is 16.8 Å². The van der Waals surface area contributed by atoms with Gasteiger partial charge in [0.1, 0.15) is 23.3 Å². The van der Waals surface area contributed by atoms with Gasteiger partial charge in [0.2, 0.25) is 30.0 Å². The van der Waals surface area contributed by atoms with E-state index in [1.165, 1.54) is 5.56 Å². The van der Waals surface area contributed by atoms with Crippen LogP contribution < -0.4 is 10.6 Å². The number of carbonyl (C=O) groups excluding carboxylic acids is 5. The van der Waals surface area contributed by atoms with Gasteiger partial charge >= 0.3 is 0 Å². The first-order valence-corrected chi connectivity index (χ1v) is 27.5. The number of amides is 5. The van der Waals surface area contributed by atoms with E-state index in [0.717, 1.165) is 68.4 Å². The molecule has 5 heterocycles. The first-order valence-electron chi connectivity index (χ1n) is 25.8. The average Bonchev–Trinajstić information content (AvgIpc) is 4.25. The summed E-state index contributed by atoms with van der Waals surface area (Å²) in [5.74, 6) is -0.695. The van der Waals surface area contributed by atoms with Gasteiger partial charge in [-0.2, -0.15) is 0 Å². The first kappa shape index (κ1) is 51.7. The van der Waals surface area contributed by atoms with Crippen LogP contribution in [-0.2, 0) is 24.0 Å². The molecule has 73 heavy (non-hydrogen) atoms. The maximum absolute atomic E-state index is 14.5. The molecule has 0 spiro atoms. The van der Waals surface area contributed by atoms with Gasteiger partial charge in [-0.1, -0.05) is 128 Å². The summed E-state index contributed by atoms with van der Waals surface area (Å²) < 4.78 is 0. The Bertz CT molecular complexity index is 2710. The van der Waals surface area contributed by atoms with Crippen LogP contribution in [0, 0.1) is 11.8 Å². The van der Waals surface area contributed by atoms with Crippen molar-refractivity contribution in [3.63, 3.8) is 0 Å². The van der Waals surface area contributed by atoms with Crippen molar-refractivity contribution in [1.29, 1.82) is 0 Å². The van der Waals surface area contributed by atoms with Crippen molar-refractivity contribution >= 4 is 58.2 Å². The molecule has 5 unspecified atom stereocenters. The molecule has 0 bridgehead atoms. The van der Waals surface area contributed by atoms with Crippen LogP contribution in [0.25, 0.3) is 21.6 Å². The normalized spacial score (nSPS) is 19.8. The number of benzene rings is 4. The molecule has 3 fully saturated rings. The summed E-state index contributed by atoms with van der Waals surface area (Å²) in [6.45, 7) is 8.03. The third-order valence-corrected chi connectivity index (χ3v) is 17.2. The summed E-state index contributed by atoms with van der Waals surface area (Å²) in [4.78, 5) is 83.7. The lowest BCUT2D eigenvalue weighted by atomic mass is 9.94. The Labute approximate surface area is 436 Å². The van der Waals surface area contributed by atoms with Crippen LogP contribution in [0.3, 0.4) is 0 Å². The fourth-order valence-electron chi connectivity index (χ4n) is 10.6. The van der Waals surface area contributed by atoms with Crippen molar-refractivity contribution in [2.75, 3.05) is 52.4 Å². The van der Waals surface area contributed by atoms with Crippen LogP contribution >= 0.6 is 23.1 Å². The van der Waals surface area contributed by atoms with E-state index in [0.29, 0.717) is 78.0 Å². The second-order valence-corrected chi connectivity index (χ2v) is 22.0. The summed E-state index contributed by atoms with van der Waals surface area (Å²) >= 11 is 3.31. The van der Waals surface area contributed by atoms with Crippen LogP contribution in [0.5, 0.6) is 0 Å². The minimum absolute atomic E-state index is 0.0163. The SMILES string of the molecule is CCCN(CC1=NCC(c2ccc(-c3ccc(-c4cnc(C5CCCN5C(=O)C(NC(=O)C5CCN(C(C)=O)CC5)c5ccccc5)s4)cc3)cc2)S1)C(=O)C(NC(O)C1CCN(C=O)CC1)c1ccccc1. The highest BCUT2D eigenvalue weighted by molar-refractivity contribution is 8.14. The molecule has 9 rings (SSSR count). The van der Waals surface area contributed by atoms with Gasteiger partial charge in [0, 0.05) is 64.2 Å². The van der Waals surface area contributed by atoms with E-state index in [1.54, 1.807) is 39.8 Å². The third-order valence-electron chi connectivity index (χ3n) is 14.8. The molecule has 14 nitrogen and oxygen atoms in total. The number of thiazole rings is 1. The molecular weight excluding hydrogens is 957 g/mol. The number of nitrogens with one attached hydrogen (secondary N) is 2. The Balaban J connectivity index is 0.806. The molecule has 5 aromatic rings. The van der Waals surface area contributed by atoms with E-state index < -0.39 is 18.3 Å². The Morgan fingerprint density at radius 3 is 2.05 bits per heavy atom. The lowest BCUT2D eigenvalue weighted by Gasteiger charge is -2.35. The van der Waals surface area contributed by atoms with Gasteiger partial charge in [-0.25, -0.2) is 4.98 Å². The smallest absolute Gasteiger partial charge is 0.250 e. The van der Waals surface area contributed by atoms with E-state index in [-0.39, 0.29) is 46.8 Å². The number of aromatic nitrogens is 1. The molecule has 382 valence electrons. The number of thioether (sulfide) groups is 1. The number of rotatable bonds is 18. The fourth-order valence-corrected chi connectivity index (χ4v) is 12.8. The predicted molar refractivity (Wildman–Crippen MR) is 287 cm³/mol. The van der Waals surface area contributed by atoms with Gasteiger partial charge < -0.3 is 30.0 Å². The van der Waals surface area contributed by atoms with Gasteiger partial charge in [0.25, 0.3) is 0 Å². The fraction of sp³-hybridized carbons (Fsp3) is 0.421. The zero-order chi connectivity index (χ0) is 50.8. The summed E-state index contributed by atoms with van der Waals surface area (Å²) in [7, 11) is 0. The molecule has 3 saturated heterocycles. The van der Waals surface area contributed by atoms with Gasteiger partial charge in [0.05, 0.1) is 34.3 Å². The molecule has 4 aliphatic rings. The molecule has 5 amide bonds. The summed E-state index contributed by atoms with van der Waals surface area (Å²) in [6.07, 6.45) is 6.75. The lowest BCUT2D eigenvalue weighted by molar-refractivity contribution is -0.139. The minimum atomic E-state index is -0.894. The third kappa shape index (κ3) is 12.4. The summed E-state index contributed by atoms with van der Waals surface area (Å²) in [5, 5.41) is 19.7. The second-order valence-electron chi connectivity index (χ2n) is 19.6. The predicted octanol–water partition coefficient (Wildman–Crippen LogP) is 8.20. The second kappa shape index (κ2) is 24.2. The number of aliphatic hydroxyl groups is 1. The summed E-state index contributed by atoms with van der Waals surface area (Å²) in [6, 6.07) is 34.4. The molecule has 16 heteroatoms. The Morgan fingerprint density at radius 2 is 1.42 bits per heavy atom. The Kier molecular flexibility index (Phi) is 17.2. The molecule has 0 saturated carbocycles. The molecular formula is C57H66N8O6S2. The van der Waals surface area contributed by atoms with E-state index in [9.17, 15) is 29.1 Å². The highest BCUT2D eigenvalue weighted by Gasteiger charge is 2.39. The molecule has 0 aliphatic carbocycles. The number of carbonyl (C=O) groups is 5. The number of hydrogen-bond donors (Lipinski definition) is 3. The molecule has 3 N–H and O–H groups in total. The van der Waals surface area contributed by atoms with Crippen molar-refractivity contribution < 1.29 is 29.1 Å². The number of likely N-dealkylation sites (tertiary alicyclic amines) is 3. The van der Waals surface area contributed by atoms with Crippen LogP contribution in [0.2, 0.25) is 0 Å². The molecule has 4 aromatic carbocycles. The van der Waals surface area contributed by atoms with E-state index >= 15 is 0 Å². The highest BCUT2D eigenvalue weighted by Crippen LogP contribution is 2.40. The largest absolute Gasteiger partial charge is 0.378 e. The minimum Gasteiger partial charge on any atom is -0.378 e. The van der Waals surface area contributed by atoms with Gasteiger partial charge in [-0.3, -0.25) is 34.3 Å². The van der Waals surface area contributed by atoms with E-state index in [4.69, 9.17) is 9.98 Å². The van der Waals surface area contributed by atoms with Crippen LogP contribution in [0.4, 0.5) is 0 Å². The van der Waals surface area contributed by atoms with Gasteiger partial charge in [-0.05, 0) is 78.3 Å². The van der Waals surface area contributed by atoms with Crippen LogP contribution in [0.1, 0.15) is 104 Å². The van der Waals surface area contributed by atoms with E-state index in [1.807, 2.05) is 76.7 Å². The van der Waals surface area contributed by atoms with Crippen molar-refractivity contribution in [1.82, 2.24) is 35.2 Å². The van der Waals surface area contributed by atoms with Crippen molar-refractivity contribution in [2.45, 2.75) is 88.4 Å². The number of hydrogen-bond acceptors (Lipinski definition) is 11. The lowest BCUT2D eigenvalue weighted by Crippen LogP contribution is -2.49. The van der Waals surface area contributed by atoms with Crippen molar-refractivity contribution in [3.05, 3.63) is 137 Å². The van der Waals surface area contributed by atoms with Gasteiger partial charge in [0.15, 0.2) is 0 Å². The maximum atomic E-state index is 14.5. The Hall–Kier alpha value is -6.20. The standard InChI is InChI=1S/C57H66N8O6S2/c1-3-28-64(56(70)51(43-11-6-4-7-12-43)60-53(68)45-24-30-62(37-66)31-25-45)36-50-58-34-48(72-50)41-20-16-39(17-21-41)40-18-22-42(23-19-40)49-35-59-55(73-49)47-15-10-29-65(47)57(71)52(44-13-8-5-9-14-44)61-54(69)46-26-32-63(33-27-46)38(2)67/h4-9,11-14,16-23,35,37,45-48,51-53,60,68H,3,10,15,24-34,36H2,1-2H3,(H,61,69). The number of nitrogens with zero attached hydrogens (tertiary/aromatic N) is 6. The Morgan fingerprint density at radius 1 is 0.795 bits per heavy atom. The van der Waals surface area contributed by atoms with E-state index in [2.05, 4.69) is 66.1 Å². The topological polar surface area (TPSA) is 168 Å². The quantitative estimate of drug-likeness (QED) is 0.0579. The van der Waals surface area contributed by atoms with Gasteiger partial charge in [-0.15, -0.1) is 11.3 Å². The average molecular weight is 1020 g/mol. The van der Waals surface area contributed by atoms with Crippen LogP contribution in [-0.4, -0.2) is 123 Å². The molecule has 1 aromatic heterocycles. The number of aliphatic hydroxyl groups excluding tert-OH is 1. The monoisotopic (exact) mass is 1020 g/mol. The van der Waals surface area contributed by atoms with Crippen LogP contribution in [0.15, 0.2) is 120 Å². The zero-order valence-corrected chi connectivity index (χ0v) is 43.3. The maximum Gasteiger partial charge on any atom is 0.250 e. The number of piperidine rings is 2. The molecule has 4 aliphatic heterocycles. The molecule has 0 radical (unpaired) electrons. The molecule has 5 atom stereocenters.